The molecule has 0 aliphatic carbocycles. The molecular weight excluding hydrogens is 368 g/mol. The number of amides is 2. The number of carbonyl (C=O) groups is 1. The number of hydrogen-bond donors (Lipinski definition) is 1. The number of rotatable bonds is 5. The van der Waals surface area contributed by atoms with E-state index in [0.717, 1.165) is 50.9 Å². The van der Waals surface area contributed by atoms with Crippen LogP contribution in [0.15, 0.2) is 30.3 Å². The first-order valence-corrected chi connectivity index (χ1v) is 10.3. The first-order valence-electron chi connectivity index (χ1n) is 10.3. The molecule has 3 heterocycles. The zero-order valence-corrected chi connectivity index (χ0v) is 17.3. The van der Waals surface area contributed by atoms with Crippen molar-refractivity contribution >= 4 is 6.03 Å². The Kier molecular flexibility index (Phi) is 5.82. The minimum Gasteiger partial charge on any atom is -0.378 e. The molecule has 2 aliphatic rings. The number of morpholine rings is 1. The van der Waals surface area contributed by atoms with E-state index in [-0.39, 0.29) is 11.6 Å². The first-order chi connectivity index (χ1) is 14.0. The second-order valence-corrected chi connectivity index (χ2v) is 8.35. The topological polar surface area (TPSA) is 75.5 Å². The van der Waals surface area contributed by atoms with E-state index in [1.165, 1.54) is 5.56 Å². The molecule has 0 bridgehead atoms. The van der Waals surface area contributed by atoms with Crippen LogP contribution in [0.1, 0.15) is 31.1 Å². The molecule has 0 atom stereocenters. The third-order valence-corrected chi connectivity index (χ3v) is 5.80. The van der Waals surface area contributed by atoms with E-state index in [0.29, 0.717) is 19.6 Å². The van der Waals surface area contributed by atoms with Gasteiger partial charge in [0.05, 0.1) is 19.8 Å². The number of benzene rings is 1. The van der Waals surface area contributed by atoms with Gasteiger partial charge in [-0.15, -0.1) is 10.2 Å². The number of ether oxygens (including phenoxy) is 1. The lowest BCUT2D eigenvalue weighted by molar-refractivity contribution is -0.0498. The van der Waals surface area contributed by atoms with Crippen molar-refractivity contribution in [3.05, 3.63) is 47.5 Å². The molecule has 2 aromatic rings. The van der Waals surface area contributed by atoms with Gasteiger partial charge >= 0.3 is 6.03 Å². The molecule has 0 spiro atoms. The van der Waals surface area contributed by atoms with Crippen molar-refractivity contribution < 1.29 is 9.53 Å². The van der Waals surface area contributed by atoms with Gasteiger partial charge in [-0.1, -0.05) is 30.3 Å². The maximum absolute atomic E-state index is 12.6. The minimum absolute atomic E-state index is 0.0136. The van der Waals surface area contributed by atoms with E-state index in [1.54, 1.807) is 0 Å². The fourth-order valence-corrected chi connectivity index (χ4v) is 4.02. The van der Waals surface area contributed by atoms with Gasteiger partial charge in [0.25, 0.3) is 0 Å². The Morgan fingerprint density at radius 1 is 1.17 bits per heavy atom. The molecule has 0 unspecified atom stereocenters. The highest BCUT2D eigenvalue weighted by Gasteiger charge is 2.30. The van der Waals surface area contributed by atoms with Crippen LogP contribution < -0.4 is 5.32 Å². The Morgan fingerprint density at radius 3 is 2.79 bits per heavy atom. The predicted molar refractivity (Wildman–Crippen MR) is 110 cm³/mol. The Bertz CT molecular complexity index is 835. The minimum atomic E-state index is -0.0325. The van der Waals surface area contributed by atoms with E-state index in [2.05, 4.69) is 51.0 Å². The molecule has 156 valence electrons. The van der Waals surface area contributed by atoms with Gasteiger partial charge in [-0.25, -0.2) is 4.79 Å². The van der Waals surface area contributed by atoms with Crippen LogP contribution in [0.2, 0.25) is 0 Å². The SMILES string of the molecule is CC1(C)COCCN1CCNC(=O)N1CCn2c(Cc3ccccc3)nnc2C1. The van der Waals surface area contributed by atoms with Gasteiger partial charge in [0.2, 0.25) is 0 Å². The molecule has 0 radical (unpaired) electrons. The summed E-state index contributed by atoms with van der Waals surface area (Å²) >= 11 is 0. The monoisotopic (exact) mass is 398 g/mol. The lowest BCUT2D eigenvalue weighted by Gasteiger charge is -2.42. The molecule has 0 saturated carbocycles. The van der Waals surface area contributed by atoms with Gasteiger partial charge in [-0.2, -0.15) is 0 Å². The Morgan fingerprint density at radius 2 is 2.00 bits per heavy atom. The molecule has 1 aromatic carbocycles. The highest BCUT2D eigenvalue weighted by atomic mass is 16.5. The summed E-state index contributed by atoms with van der Waals surface area (Å²) in [7, 11) is 0. The smallest absolute Gasteiger partial charge is 0.317 e. The van der Waals surface area contributed by atoms with Crippen LogP contribution in [-0.2, 0) is 24.2 Å². The summed E-state index contributed by atoms with van der Waals surface area (Å²) in [5.74, 6) is 1.81. The van der Waals surface area contributed by atoms with Gasteiger partial charge < -0.3 is 19.5 Å². The number of nitrogens with zero attached hydrogens (tertiary/aromatic N) is 5. The molecule has 1 aromatic heterocycles. The quantitative estimate of drug-likeness (QED) is 0.826. The van der Waals surface area contributed by atoms with Crippen molar-refractivity contribution in [3.8, 4) is 0 Å². The zero-order chi connectivity index (χ0) is 20.3. The second kappa shape index (κ2) is 8.51. The summed E-state index contributed by atoms with van der Waals surface area (Å²) in [6.07, 6.45) is 0.759. The van der Waals surface area contributed by atoms with Crippen LogP contribution in [0.4, 0.5) is 4.79 Å². The maximum atomic E-state index is 12.6. The lowest BCUT2D eigenvalue weighted by atomic mass is 10.0. The highest BCUT2D eigenvalue weighted by Crippen LogP contribution is 2.18. The largest absolute Gasteiger partial charge is 0.378 e. The third kappa shape index (κ3) is 4.59. The normalized spacial score (nSPS) is 19.0. The molecule has 8 nitrogen and oxygen atoms in total. The van der Waals surface area contributed by atoms with Crippen LogP contribution in [0.25, 0.3) is 0 Å². The lowest BCUT2D eigenvalue weighted by Crippen LogP contribution is -2.55. The summed E-state index contributed by atoms with van der Waals surface area (Å²) in [4.78, 5) is 16.8. The third-order valence-electron chi connectivity index (χ3n) is 5.80. The fraction of sp³-hybridized carbons (Fsp3) is 0.571. The van der Waals surface area contributed by atoms with Gasteiger partial charge in [0.15, 0.2) is 5.82 Å². The van der Waals surface area contributed by atoms with E-state index < -0.39 is 0 Å². The van der Waals surface area contributed by atoms with E-state index in [9.17, 15) is 4.79 Å². The standard InChI is InChI=1S/C21H30N6O2/c1-21(2)16-29-13-12-26(21)9-8-22-20(28)25-10-11-27-18(23-24-19(27)15-25)14-17-6-4-3-5-7-17/h3-7H,8-16H2,1-2H3,(H,22,28). The summed E-state index contributed by atoms with van der Waals surface area (Å²) in [5, 5.41) is 11.8. The van der Waals surface area contributed by atoms with Crippen molar-refractivity contribution in [1.29, 1.82) is 0 Å². The van der Waals surface area contributed by atoms with Crippen molar-refractivity contribution in [3.63, 3.8) is 0 Å². The first kappa shape index (κ1) is 19.8. The van der Waals surface area contributed by atoms with Crippen LogP contribution >= 0.6 is 0 Å². The molecule has 29 heavy (non-hydrogen) atoms. The van der Waals surface area contributed by atoms with Gasteiger partial charge in [0.1, 0.15) is 5.82 Å². The number of carbonyl (C=O) groups excluding carboxylic acids is 1. The zero-order valence-electron chi connectivity index (χ0n) is 17.3. The summed E-state index contributed by atoms with van der Waals surface area (Å²) in [6, 6.07) is 10.2. The molecule has 4 rings (SSSR count). The summed E-state index contributed by atoms with van der Waals surface area (Å²) in [5.41, 5.74) is 1.23. The average molecular weight is 399 g/mol. The van der Waals surface area contributed by atoms with Crippen LogP contribution in [0.3, 0.4) is 0 Å². The van der Waals surface area contributed by atoms with Crippen molar-refractivity contribution in [2.45, 2.75) is 38.9 Å². The van der Waals surface area contributed by atoms with E-state index in [1.807, 2.05) is 23.1 Å². The van der Waals surface area contributed by atoms with Gasteiger partial charge in [-0.05, 0) is 19.4 Å². The highest BCUT2D eigenvalue weighted by molar-refractivity contribution is 5.74. The summed E-state index contributed by atoms with van der Waals surface area (Å²) in [6.45, 7) is 10.1. The number of nitrogens with one attached hydrogen (secondary N) is 1. The number of fused-ring (bicyclic) bond motifs is 1. The maximum Gasteiger partial charge on any atom is 0.317 e. The van der Waals surface area contributed by atoms with Gasteiger partial charge in [-0.3, -0.25) is 4.90 Å². The number of aromatic nitrogens is 3. The molecule has 1 fully saturated rings. The van der Waals surface area contributed by atoms with Crippen LogP contribution in [0.5, 0.6) is 0 Å². The second-order valence-electron chi connectivity index (χ2n) is 8.35. The van der Waals surface area contributed by atoms with Crippen molar-refractivity contribution in [2.75, 3.05) is 39.4 Å². The average Bonchev–Trinajstić information content (AvgIpc) is 3.12. The van der Waals surface area contributed by atoms with E-state index >= 15 is 0 Å². The Balaban J connectivity index is 1.29. The molecule has 1 N–H and O–H groups in total. The molecular formula is C21H30N6O2. The van der Waals surface area contributed by atoms with Crippen LogP contribution in [0, 0.1) is 0 Å². The fourth-order valence-electron chi connectivity index (χ4n) is 4.02. The van der Waals surface area contributed by atoms with Crippen LogP contribution in [-0.4, -0.2) is 75.5 Å². The molecule has 1 saturated heterocycles. The number of urea groups is 1. The predicted octanol–water partition coefficient (Wildman–Crippen LogP) is 1.50. The van der Waals surface area contributed by atoms with Crippen molar-refractivity contribution in [1.82, 2.24) is 29.9 Å². The number of hydrogen-bond acceptors (Lipinski definition) is 5. The van der Waals surface area contributed by atoms with Gasteiger partial charge in [0, 0.05) is 44.7 Å². The van der Waals surface area contributed by atoms with Crippen molar-refractivity contribution in [2.24, 2.45) is 0 Å². The van der Waals surface area contributed by atoms with E-state index in [4.69, 9.17) is 4.74 Å². The molecule has 2 aliphatic heterocycles. The Hall–Kier alpha value is -2.45. The molecule has 2 amide bonds. The Labute approximate surface area is 171 Å². The summed E-state index contributed by atoms with van der Waals surface area (Å²) < 4.78 is 7.70. The molecule has 8 heteroatoms.